The van der Waals surface area contributed by atoms with Crippen molar-refractivity contribution in [2.24, 2.45) is 11.8 Å². The Morgan fingerprint density at radius 3 is 2.47 bits per heavy atom. The van der Waals surface area contributed by atoms with Crippen LogP contribution >= 0.6 is 0 Å². The molecule has 0 amide bonds. The molecule has 0 saturated carbocycles. The first kappa shape index (κ1) is 12.2. The van der Waals surface area contributed by atoms with Crippen LogP contribution in [-0.2, 0) is 0 Å². The maximum Gasteiger partial charge on any atom is 0.123 e. The van der Waals surface area contributed by atoms with Crippen LogP contribution in [0.5, 0.6) is 0 Å². The fourth-order valence-corrected chi connectivity index (χ4v) is 2.71. The van der Waals surface area contributed by atoms with E-state index in [9.17, 15) is 0 Å². The topological polar surface area (TPSA) is 42.1 Å². The van der Waals surface area contributed by atoms with Gasteiger partial charge in [0.05, 0.1) is 11.4 Å². The van der Waals surface area contributed by atoms with E-state index in [1.165, 1.54) is 18.5 Å². The summed E-state index contributed by atoms with van der Waals surface area (Å²) in [5.41, 5.74) is 7.99. The van der Waals surface area contributed by atoms with E-state index in [0.717, 1.165) is 30.6 Å². The average molecular weight is 233 g/mol. The lowest BCUT2D eigenvalue weighted by Crippen LogP contribution is -2.35. The van der Waals surface area contributed by atoms with Crippen molar-refractivity contribution in [2.45, 2.75) is 33.6 Å². The Hall–Kier alpha value is -1.25. The van der Waals surface area contributed by atoms with Gasteiger partial charge in [-0.15, -0.1) is 0 Å². The van der Waals surface area contributed by atoms with Crippen LogP contribution in [-0.4, -0.2) is 18.1 Å². The van der Waals surface area contributed by atoms with Gasteiger partial charge in [0.25, 0.3) is 0 Å². The Balaban J connectivity index is 2.05. The minimum atomic E-state index is 0.614. The van der Waals surface area contributed by atoms with Gasteiger partial charge in [-0.25, -0.2) is 4.98 Å². The molecule has 2 N–H and O–H groups in total. The quantitative estimate of drug-likeness (QED) is 0.854. The number of hydrogen-bond donors (Lipinski definition) is 1. The van der Waals surface area contributed by atoms with Crippen molar-refractivity contribution >= 4 is 11.5 Å². The maximum atomic E-state index is 5.69. The fourth-order valence-electron chi connectivity index (χ4n) is 2.71. The minimum absolute atomic E-state index is 0.614. The van der Waals surface area contributed by atoms with Crippen molar-refractivity contribution in [3.8, 4) is 0 Å². The summed E-state index contributed by atoms with van der Waals surface area (Å²) in [5, 5.41) is 0. The predicted octanol–water partition coefficient (Wildman–Crippen LogP) is 2.84. The first-order valence-electron chi connectivity index (χ1n) is 6.56. The Kier molecular flexibility index (Phi) is 3.55. The number of nitrogens with two attached hydrogens (primary N) is 1. The summed E-state index contributed by atoms with van der Waals surface area (Å²) < 4.78 is 0. The maximum absolute atomic E-state index is 5.69. The third-order valence-electron chi connectivity index (χ3n) is 3.90. The molecule has 1 aliphatic rings. The van der Waals surface area contributed by atoms with E-state index in [2.05, 4.69) is 29.8 Å². The first-order valence-corrected chi connectivity index (χ1v) is 6.56. The highest BCUT2D eigenvalue weighted by molar-refractivity contribution is 5.53. The predicted molar refractivity (Wildman–Crippen MR) is 73.2 cm³/mol. The molecule has 0 radical (unpaired) electrons. The molecule has 0 bridgehead atoms. The van der Waals surface area contributed by atoms with Crippen LogP contribution in [0.4, 0.5) is 11.5 Å². The molecule has 1 aromatic heterocycles. The Morgan fingerprint density at radius 1 is 1.29 bits per heavy atom. The van der Waals surface area contributed by atoms with Gasteiger partial charge in [0.15, 0.2) is 0 Å². The van der Waals surface area contributed by atoms with Gasteiger partial charge >= 0.3 is 0 Å². The van der Waals surface area contributed by atoms with Crippen molar-refractivity contribution < 1.29 is 0 Å². The molecule has 0 unspecified atom stereocenters. The van der Waals surface area contributed by atoms with E-state index in [0.29, 0.717) is 5.82 Å². The molecule has 2 rings (SSSR count). The van der Waals surface area contributed by atoms with E-state index in [1.54, 1.807) is 0 Å². The molecular weight excluding hydrogens is 210 g/mol. The van der Waals surface area contributed by atoms with Crippen molar-refractivity contribution in [1.82, 2.24) is 4.98 Å². The Morgan fingerprint density at radius 2 is 1.94 bits per heavy atom. The number of pyridine rings is 1. The van der Waals surface area contributed by atoms with Crippen LogP contribution in [0.1, 0.15) is 32.4 Å². The second-order valence-corrected chi connectivity index (χ2v) is 5.41. The Bertz CT molecular complexity index is 379. The third-order valence-corrected chi connectivity index (χ3v) is 3.90. The van der Waals surface area contributed by atoms with Crippen molar-refractivity contribution in [1.29, 1.82) is 0 Å². The summed E-state index contributed by atoms with van der Waals surface area (Å²) in [4.78, 5) is 6.78. The lowest BCUT2D eigenvalue weighted by molar-refractivity contribution is 0.311. The zero-order chi connectivity index (χ0) is 12.4. The van der Waals surface area contributed by atoms with Gasteiger partial charge in [0.1, 0.15) is 5.82 Å². The third kappa shape index (κ3) is 2.71. The van der Waals surface area contributed by atoms with E-state index in [1.807, 2.05) is 13.0 Å². The van der Waals surface area contributed by atoms with Crippen LogP contribution in [0.2, 0.25) is 0 Å². The molecule has 1 fully saturated rings. The molecular formula is C14H23N3. The van der Waals surface area contributed by atoms with Crippen molar-refractivity contribution in [2.75, 3.05) is 23.7 Å². The molecule has 0 atom stereocenters. The number of piperidine rings is 1. The van der Waals surface area contributed by atoms with E-state index in [-0.39, 0.29) is 0 Å². The highest BCUT2D eigenvalue weighted by atomic mass is 15.1. The highest BCUT2D eigenvalue weighted by Gasteiger charge is 2.22. The van der Waals surface area contributed by atoms with Crippen LogP contribution in [0, 0.1) is 18.8 Å². The van der Waals surface area contributed by atoms with Crippen molar-refractivity contribution in [3.05, 3.63) is 17.8 Å². The minimum Gasteiger partial charge on any atom is -0.384 e. The number of aromatic nitrogens is 1. The summed E-state index contributed by atoms with van der Waals surface area (Å²) in [6.45, 7) is 9.00. The number of nitrogens with zero attached hydrogens (tertiary/aromatic N) is 2. The molecule has 1 aromatic rings. The molecule has 3 nitrogen and oxygen atoms in total. The number of rotatable bonds is 2. The molecule has 94 valence electrons. The van der Waals surface area contributed by atoms with Gasteiger partial charge < -0.3 is 10.6 Å². The van der Waals surface area contributed by atoms with E-state index < -0.39 is 0 Å². The van der Waals surface area contributed by atoms with Crippen LogP contribution in [0.25, 0.3) is 0 Å². The molecule has 1 saturated heterocycles. The van der Waals surface area contributed by atoms with E-state index >= 15 is 0 Å². The summed E-state index contributed by atoms with van der Waals surface area (Å²) in [6, 6.07) is 4.00. The van der Waals surface area contributed by atoms with Crippen LogP contribution < -0.4 is 10.6 Å². The molecule has 3 heteroatoms. The zero-order valence-corrected chi connectivity index (χ0v) is 11.1. The normalized spacial score (nSPS) is 17.8. The molecule has 0 spiro atoms. The number of nitrogen functional groups attached to an aromatic ring is 1. The number of anilines is 2. The van der Waals surface area contributed by atoms with Gasteiger partial charge in [-0.3, -0.25) is 0 Å². The molecule has 0 aromatic carbocycles. The SMILES string of the molecule is Cc1nc(N)ccc1N1CCC(C(C)C)CC1. The van der Waals surface area contributed by atoms with Gasteiger partial charge in [0.2, 0.25) is 0 Å². The van der Waals surface area contributed by atoms with Gasteiger partial charge in [-0.2, -0.15) is 0 Å². The molecule has 1 aliphatic heterocycles. The van der Waals surface area contributed by atoms with Gasteiger partial charge in [-0.05, 0) is 43.7 Å². The van der Waals surface area contributed by atoms with E-state index in [4.69, 9.17) is 5.73 Å². The molecule has 17 heavy (non-hydrogen) atoms. The summed E-state index contributed by atoms with van der Waals surface area (Å²) in [6.07, 6.45) is 2.59. The van der Waals surface area contributed by atoms with Crippen LogP contribution in [0.15, 0.2) is 12.1 Å². The fraction of sp³-hybridized carbons (Fsp3) is 0.643. The smallest absolute Gasteiger partial charge is 0.123 e. The number of hydrogen-bond acceptors (Lipinski definition) is 3. The largest absolute Gasteiger partial charge is 0.384 e. The summed E-state index contributed by atoms with van der Waals surface area (Å²) in [5.74, 6) is 2.31. The van der Waals surface area contributed by atoms with Crippen LogP contribution in [0.3, 0.4) is 0 Å². The second kappa shape index (κ2) is 4.94. The molecule has 2 heterocycles. The Labute approximate surface area is 104 Å². The second-order valence-electron chi connectivity index (χ2n) is 5.41. The average Bonchev–Trinajstić information content (AvgIpc) is 2.29. The van der Waals surface area contributed by atoms with Crippen molar-refractivity contribution in [3.63, 3.8) is 0 Å². The zero-order valence-electron chi connectivity index (χ0n) is 11.1. The van der Waals surface area contributed by atoms with Gasteiger partial charge in [0, 0.05) is 13.1 Å². The lowest BCUT2D eigenvalue weighted by atomic mass is 9.86. The monoisotopic (exact) mass is 233 g/mol. The summed E-state index contributed by atoms with van der Waals surface area (Å²) in [7, 11) is 0. The van der Waals surface area contributed by atoms with Gasteiger partial charge in [-0.1, -0.05) is 13.8 Å². The lowest BCUT2D eigenvalue weighted by Gasteiger charge is -2.35. The summed E-state index contributed by atoms with van der Waals surface area (Å²) >= 11 is 0. The molecule has 0 aliphatic carbocycles. The number of aryl methyl sites for hydroxylation is 1. The standard InChI is InChI=1S/C14H23N3/c1-10(2)12-6-8-17(9-7-12)13-4-5-14(15)16-11(13)3/h4-5,10,12H,6-9H2,1-3H3,(H2,15,16). The first-order chi connectivity index (χ1) is 8.08. The highest BCUT2D eigenvalue weighted by Crippen LogP contribution is 2.29.